The van der Waals surface area contributed by atoms with E-state index in [-0.39, 0.29) is 27.5 Å². The molecule has 140 valence electrons. The summed E-state index contributed by atoms with van der Waals surface area (Å²) in [6.45, 7) is -0.299. The molecule has 0 aliphatic heterocycles. The van der Waals surface area contributed by atoms with Gasteiger partial charge in [0.2, 0.25) is 0 Å². The Morgan fingerprint density at radius 2 is 2.04 bits per heavy atom. The maximum Gasteiger partial charge on any atom is 0.306 e. The van der Waals surface area contributed by atoms with Crippen LogP contribution >= 0.6 is 27.5 Å². The molecule has 1 heterocycles. The zero-order valence-electron chi connectivity index (χ0n) is 14.5. The van der Waals surface area contributed by atoms with Crippen LogP contribution in [0.2, 0.25) is 5.15 Å². The molecule has 1 amide bonds. The average molecular weight is 442 g/mol. The number of nitrogens with zero attached hydrogens (tertiary/aromatic N) is 1. The van der Waals surface area contributed by atoms with E-state index in [2.05, 4.69) is 26.2 Å². The number of ether oxygens (including phenoxy) is 1. The maximum absolute atomic E-state index is 12.4. The highest BCUT2D eigenvalue weighted by Crippen LogP contribution is 2.65. The van der Waals surface area contributed by atoms with Gasteiger partial charge in [0.1, 0.15) is 0 Å². The second kappa shape index (κ2) is 6.79. The molecule has 26 heavy (non-hydrogen) atoms. The van der Waals surface area contributed by atoms with Gasteiger partial charge < -0.3 is 10.1 Å². The Morgan fingerprint density at radius 3 is 2.69 bits per heavy atom. The number of alkyl halides is 1. The third kappa shape index (κ3) is 3.77. The molecule has 4 aliphatic rings. The van der Waals surface area contributed by atoms with Crippen LogP contribution in [0.5, 0.6) is 0 Å². The predicted octanol–water partition coefficient (Wildman–Crippen LogP) is 4.34. The lowest BCUT2D eigenvalue weighted by molar-refractivity contribution is -0.153. The van der Waals surface area contributed by atoms with Gasteiger partial charge in [-0.3, -0.25) is 9.59 Å². The lowest BCUT2D eigenvalue weighted by Gasteiger charge is -2.60. The smallest absolute Gasteiger partial charge is 0.306 e. The number of amides is 1. The molecule has 0 radical (unpaired) electrons. The number of aromatic nitrogens is 1. The number of anilines is 1. The van der Waals surface area contributed by atoms with E-state index >= 15 is 0 Å². The standard InChI is InChI=1S/C19H22BrClN2O3/c20-19-7-12-4-13(8-19)6-18(5-12,11-19)9-16(25)26-10-15(24)23-14-2-1-3-22-17(14)21/h1-3,12-13H,4-11H2,(H,23,24). The molecule has 4 saturated carbocycles. The molecule has 2 unspecified atom stereocenters. The van der Waals surface area contributed by atoms with Crippen molar-refractivity contribution in [3.05, 3.63) is 23.5 Å². The largest absolute Gasteiger partial charge is 0.456 e. The molecule has 5 nitrogen and oxygen atoms in total. The fourth-order valence-electron chi connectivity index (χ4n) is 5.71. The lowest BCUT2D eigenvalue weighted by Crippen LogP contribution is -2.53. The molecular formula is C19H22BrClN2O3. The van der Waals surface area contributed by atoms with Crippen LogP contribution < -0.4 is 5.32 Å². The van der Waals surface area contributed by atoms with Gasteiger partial charge >= 0.3 is 5.97 Å². The third-order valence-corrected chi connectivity index (χ3v) is 7.26. The van der Waals surface area contributed by atoms with Gasteiger partial charge in [-0.1, -0.05) is 27.5 Å². The van der Waals surface area contributed by atoms with Crippen LogP contribution in [-0.2, 0) is 14.3 Å². The second-order valence-electron chi connectivity index (χ2n) is 8.34. The highest BCUT2D eigenvalue weighted by atomic mass is 79.9. The molecule has 2 atom stereocenters. The number of pyridine rings is 1. The van der Waals surface area contributed by atoms with E-state index in [9.17, 15) is 9.59 Å². The highest BCUT2D eigenvalue weighted by Gasteiger charge is 2.57. The van der Waals surface area contributed by atoms with E-state index in [1.54, 1.807) is 18.3 Å². The van der Waals surface area contributed by atoms with Crippen molar-refractivity contribution in [1.82, 2.24) is 4.98 Å². The molecule has 1 N–H and O–H groups in total. The molecule has 1 aromatic rings. The van der Waals surface area contributed by atoms with Crippen LogP contribution in [0.3, 0.4) is 0 Å². The van der Waals surface area contributed by atoms with E-state index in [1.165, 1.54) is 19.3 Å². The Balaban J connectivity index is 1.31. The molecule has 0 saturated heterocycles. The van der Waals surface area contributed by atoms with Crippen molar-refractivity contribution in [2.75, 3.05) is 11.9 Å². The van der Waals surface area contributed by atoms with Gasteiger partial charge in [-0.25, -0.2) is 4.98 Å². The number of carbonyl (C=O) groups excluding carboxylic acids is 2. The summed E-state index contributed by atoms with van der Waals surface area (Å²) in [6, 6.07) is 3.33. The predicted molar refractivity (Wildman–Crippen MR) is 102 cm³/mol. The zero-order valence-corrected chi connectivity index (χ0v) is 16.8. The summed E-state index contributed by atoms with van der Waals surface area (Å²) in [6.07, 6.45) is 8.99. The van der Waals surface area contributed by atoms with Gasteiger partial charge in [0.05, 0.1) is 12.1 Å². The van der Waals surface area contributed by atoms with Crippen molar-refractivity contribution in [2.45, 2.75) is 49.3 Å². The number of halogens is 2. The number of rotatable bonds is 5. The summed E-state index contributed by atoms with van der Waals surface area (Å²) in [5.41, 5.74) is 0.464. The Morgan fingerprint density at radius 1 is 1.31 bits per heavy atom. The minimum atomic E-state index is -0.407. The first-order valence-electron chi connectivity index (χ1n) is 9.10. The maximum atomic E-state index is 12.4. The molecule has 4 fully saturated rings. The van der Waals surface area contributed by atoms with Crippen molar-refractivity contribution >= 4 is 45.1 Å². The van der Waals surface area contributed by atoms with Crippen molar-refractivity contribution in [2.24, 2.45) is 17.3 Å². The number of carbonyl (C=O) groups is 2. The number of hydrogen-bond acceptors (Lipinski definition) is 4. The SMILES string of the molecule is O=C(COC(=O)CC12CC3CC(CC(Br)(C3)C1)C2)Nc1cccnc1Cl. The van der Waals surface area contributed by atoms with Crippen LogP contribution in [0.1, 0.15) is 44.9 Å². The Kier molecular flexibility index (Phi) is 4.76. The fraction of sp³-hybridized carbons (Fsp3) is 0.632. The van der Waals surface area contributed by atoms with Gasteiger partial charge in [0.15, 0.2) is 11.8 Å². The summed E-state index contributed by atoms with van der Waals surface area (Å²) >= 11 is 9.86. The van der Waals surface area contributed by atoms with Crippen molar-refractivity contribution in [1.29, 1.82) is 0 Å². The Labute approximate surface area is 166 Å². The van der Waals surface area contributed by atoms with Crippen LogP contribution in [-0.4, -0.2) is 27.8 Å². The van der Waals surface area contributed by atoms with Crippen molar-refractivity contribution < 1.29 is 14.3 Å². The molecule has 5 rings (SSSR count). The average Bonchev–Trinajstić information content (AvgIpc) is 2.52. The molecular weight excluding hydrogens is 420 g/mol. The summed E-state index contributed by atoms with van der Waals surface area (Å²) in [5, 5.41) is 2.82. The van der Waals surface area contributed by atoms with E-state index in [0.717, 1.165) is 31.1 Å². The van der Waals surface area contributed by atoms with E-state index in [1.807, 2.05) is 0 Å². The summed E-state index contributed by atoms with van der Waals surface area (Å²) < 4.78 is 5.47. The minimum absolute atomic E-state index is 0.0494. The second-order valence-corrected chi connectivity index (χ2v) is 10.4. The third-order valence-electron chi connectivity index (χ3n) is 6.03. The minimum Gasteiger partial charge on any atom is -0.456 e. The molecule has 0 aromatic carbocycles. The molecule has 4 bridgehead atoms. The highest BCUT2D eigenvalue weighted by molar-refractivity contribution is 9.10. The number of hydrogen-bond donors (Lipinski definition) is 1. The van der Waals surface area contributed by atoms with Gasteiger partial charge in [-0.05, 0) is 67.9 Å². The Hall–Kier alpha value is -1.14. The monoisotopic (exact) mass is 440 g/mol. The zero-order chi connectivity index (χ0) is 18.4. The van der Waals surface area contributed by atoms with Gasteiger partial charge in [0, 0.05) is 10.5 Å². The first-order chi connectivity index (χ1) is 12.3. The lowest BCUT2D eigenvalue weighted by atomic mass is 9.49. The van der Waals surface area contributed by atoms with Crippen LogP contribution in [0.15, 0.2) is 18.3 Å². The van der Waals surface area contributed by atoms with Crippen LogP contribution in [0.25, 0.3) is 0 Å². The van der Waals surface area contributed by atoms with Gasteiger partial charge in [0.25, 0.3) is 5.91 Å². The van der Waals surface area contributed by atoms with E-state index in [0.29, 0.717) is 12.1 Å². The Bertz CT molecular complexity index is 727. The van der Waals surface area contributed by atoms with E-state index in [4.69, 9.17) is 16.3 Å². The quantitative estimate of drug-likeness (QED) is 0.419. The fourth-order valence-corrected chi connectivity index (χ4v) is 7.39. The normalized spacial score (nSPS) is 34.5. The number of esters is 1. The van der Waals surface area contributed by atoms with E-state index < -0.39 is 5.91 Å². The molecule has 1 aromatic heterocycles. The van der Waals surface area contributed by atoms with Gasteiger partial charge in [-0.2, -0.15) is 0 Å². The summed E-state index contributed by atoms with van der Waals surface area (Å²) in [4.78, 5) is 28.3. The van der Waals surface area contributed by atoms with Crippen molar-refractivity contribution in [3.8, 4) is 0 Å². The molecule has 7 heteroatoms. The summed E-state index contributed by atoms with van der Waals surface area (Å²) in [7, 11) is 0. The number of nitrogens with one attached hydrogen (secondary N) is 1. The van der Waals surface area contributed by atoms with Crippen LogP contribution in [0.4, 0.5) is 5.69 Å². The first-order valence-corrected chi connectivity index (χ1v) is 10.3. The topological polar surface area (TPSA) is 68.3 Å². The molecule has 0 spiro atoms. The first kappa shape index (κ1) is 18.2. The molecule has 4 aliphatic carbocycles. The van der Waals surface area contributed by atoms with Crippen LogP contribution in [0, 0.1) is 17.3 Å². The van der Waals surface area contributed by atoms with Gasteiger partial charge in [-0.15, -0.1) is 0 Å². The van der Waals surface area contributed by atoms with Crippen molar-refractivity contribution in [3.63, 3.8) is 0 Å². The summed E-state index contributed by atoms with van der Waals surface area (Å²) in [5.74, 6) is 0.755.